The van der Waals surface area contributed by atoms with E-state index in [1.165, 1.54) is 5.56 Å². The first-order valence-corrected chi connectivity index (χ1v) is 9.65. The molecule has 2 aromatic rings. The Morgan fingerprint density at radius 1 is 0.962 bits per heavy atom. The Morgan fingerprint density at radius 3 is 2.46 bits per heavy atom. The van der Waals surface area contributed by atoms with Gasteiger partial charge in [0.05, 0.1) is 5.56 Å². The third-order valence-electron chi connectivity index (χ3n) is 4.78. The summed E-state index contributed by atoms with van der Waals surface area (Å²) in [6.45, 7) is 5.28. The number of carbonyl (C=O) groups excluding carboxylic acids is 1. The van der Waals surface area contributed by atoms with Crippen LogP contribution in [0.4, 0.5) is 0 Å². The molecule has 0 N–H and O–H groups in total. The molecule has 0 aliphatic carbocycles. The molecule has 0 bridgehead atoms. The predicted molar refractivity (Wildman–Crippen MR) is 103 cm³/mol. The fourth-order valence-corrected chi connectivity index (χ4v) is 3.81. The van der Waals surface area contributed by atoms with Crippen LogP contribution in [0.15, 0.2) is 46.9 Å². The summed E-state index contributed by atoms with van der Waals surface area (Å²) in [5.74, 6) is 1.75. The molecule has 0 unspecified atom stereocenters. The van der Waals surface area contributed by atoms with E-state index in [1.54, 1.807) is 0 Å². The maximum Gasteiger partial charge on any atom is 0.255 e. The molecule has 2 aromatic carbocycles. The number of halogens is 1. The Morgan fingerprint density at radius 2 is 1.69 bits per heavy atom. The normalized spacial score (nSPS) is 17.2. The molecule has 6 heteroatoms. The molecule has 5 nitrogen and oxygen atoms in total. The smallest absolute Gasteiger partial charge is 0.255 e. The molecule has 136 valence electrons. The molecule has 0 saturated carbocycles. The van der Waals surface area contributed by atoms with Crippen LogP contribution in [0.3, 0.4) is 0 Å². The van der Waals surface area contributed by atoms with Crippen molar-refractivity contribution in [1.82, 2.24) is 9.80 Å². The first-order valence-electron chi connectivity index (χ1n) is 8.85. The van der Waals surface area contributed by atoms with Crippen LogP contribution in [-0.2, 0) is 6.54 Å². The molecule has 2 aliphatic heterocycles. The number of nitrogens with zero attached hydrogens (tertiary/aromatic N) is 2. The minimum Gasteiger partial charge on any atom is -0.486 e. The third kappa shape index (κ3) is 3.71. The number of carbonyl (C=O) groups is 1. The SMILES string of the molecule is O=C(c1ccccc1Br)N1CCN(Cc2ccc3c(c2)OCCO3)CC1. The van der Waals surface area contributed by atoms with Crippen LogP contribution in [-0.4, -0.2) is 55.1 Å². The zero-order valence-electron chi connectivity index (χ0n) is 14.5. The van der Waals surface area contributed by atoms with Crippen LogP contribution in [0.25, 0.3) is 0 Å². The number of fused-ring (bicyclic) bond motifs is 1. The van der Waals surface area contributed by atoms with E-state index in [4.69, 9.17) is 9.47 Å². The monoisotopic (exact) mass is 416 g/mol. The fourth-order valence-electron chi connectivity index (χ4n) is 3.36. The maximum atomic E-state index is 12.7. The first-order chi connectivity index (χ1) is 12.7. The molecule has 0 spiro atoms. The highest BCUT2D eigenvalue weighted by atomic mass is 79.9. The Hall–Kier alpha value is -2.05. The van der Waals surface area contributed by atoms with Gasteiger partial charge in [0, 0.05) is 37.2 Å². The number of hydrogen-bond donors (Lipinski definition) is 0. The van der Waals surface area contributed by atoms with Gasteiger partial charge in [0.1, 0.15) is 13.2 Å². The van der Waals surface area contributed by atoms with Gasteiger partial charge in [-0.1, -0.05) is 18.2 Å². The number of hydrogen-bond acceptors (Lipinski definition) is 4. The van der Waals surface area contributed by atoms with E-state index in [-0.39, 0.29) is 5.91 Å². The van der Waals surface area contributed by atoms with E-state index in [2.05, 4.69) is 33.0 Å². The Kier molecular flexibility index (Phi) is 5.13. The number of amides is 1. The molecule has 2 aliphatic rings. The van der Waals surface area contributed by atoms with Crippen molar-refractivity contribution in [2.45, 2.75) is 6.54 Å². The second-order valence-electron chi connectivity index (χ2n) is 6.53. The van der Waals surface area contributed by atoms with Crippen LogP contribution < -0.4 is 9.47 Å². The van der Waals surface area contributed by atoms with Crippen LogP contribution in [0.2, 0.25) is 0 Å². The lowest BCUT2D eigenvalue weighted by atomic mass is 10.1. The van der Waals surface area contributed by atoms with Crippen molar-refractivity contribution in [2.75, 3.05) is 39.4 Å². The highest BCUT2D eigenvalue weighted by Gasteiger charge is 2.23. The minimum absolute atomic E-state index is 0.0939. The van der Waals surface area contributed by atoms with Gasteiger partial charge >= 0.3 is 0 Å². The summed E-state index contributed by atoms with van der Waals surface area (Å²) in [5, 5.41) is 0. The van der Waals surface area contributed by atoms with Crippen molar-refractivity contribution in [3.63, 3.8) is 0 Å². The van der Waals surface area contributed by atoms with Gasteiger partial charge in [0.25, 0.3) is 5.91 Å². The Bertz CT molecular complexity index is 803. The predicted octanol–water partition coefficient (Wildman–Crippen LogP) is 3.18. The average molecular weight is 417 g/mol. The second kappa shape index (κ2) is 7.68. The van der Waals surface area contributed by atoms with E-state index in [0.29, 0.717) is 13.2 Å². The van der Waals surface area contributed by atoms with Crippen molar-refractivity contribution in [3.8, 4) is 11.5 Å². The zero-order chi connectivity index (χ0) is 17.9. The van der Waals surface area contributed by atoms with Gasteiger partial charge in [0.15, 0.2) is 11.5 Å². The standard InChI is InChI=1S/C20H21BrN2O3/c21-17-4-2-1-3-16(17)20(24)23-9-7-22(8-10-23)14-15-5-6-18-19(13-15)26-12-11-25-18/h1-6,13H,7-12,14H2. The van der Waals surface area contributed by atoms with E-state index >= 15 is 0 Å². The number of piperazine rings is 1. The number of rotatable bonds is 3. The van der Waals surface area contributed by atoms with Crippen molar-refractivity contribution in [3.05, 3.63) is 58.1 Å². The van der Waals surface area contributed by atoms with Gasteiger partial charge in [-0.15, -0.1) is 0 Å². The topological polar surface area (TPSA) is 42.0 Å². The summed E-state index contributed by atoms with van der Waals surface area (Å²) >= 11 is 3.47. The molecule has 0 aromatic heterocycles. The van der Waals surface area contributed by atoms with Crippen molar-refractivity contribution < 1.29 is 14.3 Å². The van der Waals surface area contributed by atoms with Gasteiger partial charge in [-0.25, -0.2) is 0 Å². The minimum atomic E-state index is 0.0939. The molecule has 1 fully saturated rings. The van der Waals surface area contributed by atoms with Crippen molar-refractivity contribution >= 4 is 21.8 Å². The molecule has 4 rings (SSSR count). The van der Waals surface area contributed by atoms with Gasteiger partial charge in [0.2, 0.25) is 0 Å². The van der Waals surface area contributed by atoms with Crippen LogP contribution in [0.1, 0.15) is 15.9 Å². The molecule has 1 saturated heterocycles. The van der Waals surface area contributed by atoms with Gasteiger partial charge in [-0.05, 0) is 45.8 Å². The molecule has 1 amide bonds. The highest BCUT2D eigenvalue weighted by Crippen LogP contribution is 2.31. The summed E-state index contributed by atoms with van der Waals surface area (Å²) < 4.78 is 12.1. The van der Waals surface area contributed by atoms with Gasteiger partial charge in [-0.3, -0.25) is 9.69 Å². The van der Waals surface area contributed by atoms with Crippen LogP contribution in [0, 0.1) is 0 Å². The molecule has 26 heavy (non-hydrogen) atoms. The summed E-state index contributed by atoms with van der Waals surface area (Å²) in [5.41, 5.74) is 1.94. The zero-order valence-corrected chi connectivity index (χ0v) is 16.1. The van der Waals surface area contributed by atoms with Gasteiger partial charge < -0.3 is 14.4 Å². The summed E-state index contributed by atoms with van der Waals surface area (Å²) in [4.78, 5) is 17.0. The number of ether oxygens (including phenoxy) is 2. The van der Waals surface area contributed by atoms with Crippen molar-refractivity contribution in [1.29, 1.82) is 0 Å². The van der Waals surface area contributed by atoms with E-state index < -0.39 is 0 Å². The third-order valence-corrected chi connectivity index (χ3v) is 5.47. The van der Waals surface area contributed by atoms with E-state index in [0.717, 1.165) is 54.3 Å². The fraction of sp³-hybridized carbons (Fsp3) is 0.350. The second-order valence-corrected chi connectivity index (χ2v) is 7.38. The van der Waals surface area contributed by atoms with Gasteiger partial charge in [-0.2, -0.15) is 0 Å². The summed E-state index contributed by atoms with van der Waals surface area (Å²) in [6.07, 6.45) is 0. The Balaban J connectivity index is 1.35. The average Bonchev–Trinajstić information content (AvgIpc) is 2.68. The molecular weight excluding hydrogens is 396 g/mol. The maximum absolute atomic E-state index is 12.7. The summed E-state index contributed by atoms with van der Waals surface area (Å²) in [6, 6.07) is 13.7. The lowest BCUT2D eigenvalue weighted by molar-refractivity contribution is 0.0627. The molecule has 0 radical (unpaired) electrons. The van der Waals surface area contributed by atoms with Crippen LogP contribution in [0.5, 0.6) is 11.5 Å². The summed E-state index contributed by atoms with van der Waals surface area (Å²) in [7, 11) is 0. The van der Waals surface area contributed by atoms with E-state index in [9.17, 15) is 4.79 Å². The van der Waals surface area contributed by atoms with Crippen LogP contribution >= 0.6 is 15.9 Å². The lowest BCUT2D eigenvalue weighted by Crippen LogP contribution is -2.48. The quantitative estimate of drug-likeness (QED) is 0.770. The van der Waals surface area contributed by atoms with E-state index in [1.807, 2.05) is 35.2 Å². The lowest BCUT2D eigenvalue weighted by Gasteiger charge is -2.35. The van der Waals surface area contributed by atoms with Crippen molar-refractivity contribution in [2.24, 2.45) is 0 Å². The number of benzene rings is 2. The molecule has 0 atom stereocenters. The molecule has 2 heterocycles. The Labute approximate surface area is 161 Å². The first kappa shape index (κ1) is 17.4. The molecular formula is C20H21BrN2O3. The highest BCUT2D eigenvalue weighted by molar-refractivity contribution is 9.10. The largest absolute Gasteiger partial charge is 0.486 e.